The molecule has 0 aliphatic heterocycles. The quantitative estimate of drug-likeness (QED) is 0.149. The van der Waals surface area contributed by atoms with Crippen molar-refractivity contribution in [2.24, 2.45) is 0 Å². The number of ether oxygens (including phenoxy) is 2. The van der Waals surface area contributed by atoms with E-state index in [0.717, 1.165) is 24.6 Å². The molecule has 0 spiro atoms. The van der Waals surface area contributed by atoms with Gasteiger partial charge in [0, 0.05) is 11.9 Å². The van der Waals surface area contributed by atoms with Gasteiger partial charge in [0.25, 0.3) is 0 Å². The van der Waals surface area contributed by atoms with Crippen molar-refractivity contribution < 1.29 is 14.3 Å². The number of alkyl halides is 1. The second-order valence-electron chi connectivity index (χ2n) is 6.51. The fourth-order valence-corrected chi connectivity index (χ4v) is 3.03. The largest absolute Gasteiger partial charge is 0.464 e. The summed E-state index contributed by atoms with van der Waals surface area (Å²) in [6, 6.07) is 0. The smallest absolute Gasteiger partial charge is 0.335 e. The van der Waals surface area contributed by atoms with Crippen LogP contribution in [0.5, 0.6) is 0 Å². The topological polar surface area (TPSA) is 35.5 Å². The fraction of sp³-hybridized carbons (Fsp3) is 0.950. The van der Waals surface area contributed by atoms with Gasteiger partial charge in [-0.25, -0.2) is 4.79 Å². The Morgan fingerprint density at radius 2 is 1.33 bits per heavy atom. The SMILES string of the molecule is CCCCCCCCOC(CC)C(=O)OCCCCCCCCBr. The van der Waals surface area contributed by atoms with Gasteiger partial charge in [-0.05, 0) is 25.7 Å². The summed E-state index contributed by atoms with van der Waals surface area (Å²) in [6.07, 6.45) is 14.9. The highest BCUT2D eigenvalue weighted by atomic mass is 79.9. The second kappa shape index (κ2) is 19.2. The van der Waals surface area contributed by atoms with Gasteiger partial charge in [0.1, 0.15) is 0 Å². The lowest BCUT2D eigenvalue weighted by Crippen LogP contribution is -2.26. The number of hydrogen-bond acceptors (Lipinski definition) is 3. The van der Waals surface area contributed by atoms with Crippen molar-refractivity contribution in [3.63, 3.8) is 0 Å². The molecule has 3 nitrogen and oxygen atoms in total. The molecule has 24 heavy (non-hydrogen) atoms. The van der Waals surface area contributed by atoms with Crippen LogP contribution >= 0.6 is 15.9 Å². The van der Waals surface area contributed by atoms with Crippen LogP contribution in [-0.4, -0.2) is 30.6 Å². The van der Waals surface area contributed by atoms with Crippen molar-refractivity contribution in [2.45, 2.75) is 103 Å². The Morgan fingerprint density at radius 1 is 0.792 bits per heavy atom. The van der Waals surface area contributed by atoms with Gasteiger partial charge >= 0.3 is 5.97 Å². The van der Waals surface area contributed by atoms with E-state index in [4.69, 9.17) is 9.47 Å². The minimum absolute atomic E-state index is 0.178. The molecular formula is C20H39BrO3. The number of esters is 1. The third-order valence-corrected chi connectivity index (χ3v) is 4.78. The lowest BCUT2D eigenvalue weighted by molar-refractivity contribution is -0.157. The van der Waals surface area contributed by atoms with Crippen LogP contribution in [0.4, 0.5) is 0 Å². The van der Waals surface area contributed by atoms with E-state index in [0.29, 0.717) is 19.6 Å². The predicted octanol–water partition coefficient (Wildman–Crippen LogP) is 6.42. The second-order valence-corrected chi connectivity index (χ2v) is 7.31. The average Bonchev–Trinajstić information content (AvgIpc) is 2.59. The van der Waals surface area contributed by atoms with Crippen LogP contribution in [0, 0.1) is 0 Å². The average molecular weight is 407 g/mol. The molecule has 0 aliphatic rings. The van der Waals surface area contributed by atoms with Crippen LogP contribution in [0.25, 0.3) is 0 Å². The molecule has 0 fully saturated rings. The van der Waals surface area contributed by atoms with Crippen LogP contribution in [-0.2, 0) is 14.3 Å². The van der Waals surface area contributed by atoms with Crippen molar-refractivity contribution in [1.29, 1.82) is 0 Å². The Bertz CT molecular complexity index is 272. The van der Waals surface area contributed by atoms with Gasteiger partial charge in [-0.2, -0.15) is 0 Å². The highest BCUT2D eigenvalue weighted by molar-refractivity contribution is 9.09. The molecule has 0 amide bonds. The lowest BCUT2D eigenvalue weighted by Gasteiger charge is -2.15. The molecule has 0 saturated heterocycles. The molecule has 0 N–H and O–H groups in total. The third-order valence-electron chi connectivity index (χ3n) is 4.22. The van der Waals surface area contributed by atoms with Gasteiger partial charge in [0.2, 0.25) is 0 Å². The first kappa shape index (κ1) is 23.9. The first-order chi connectivity index (χ1) is 11.8. The number of unbranched alkanes of at least 4 members (excludes halogenated alkanes) is 10. The lowest BCUT2D eigenvalue weighted by atomic mass is 10.1. The summed E-state index contributed by atoms with van der Waals surface area (Å²) in [6.45, 7) is 5.42. The van der Waals surface area contributed by atoms with E-state index in [9.17, 15) is 4.79 Å². The number of rotatable bonds is 18. The number of halogens is 1. The van der Waals surface area contributed by atoms with Crippen LogP contribution < -0.4 is 0 Å². The highest BCUT2D eigenvalue weighted by Gasteiger charge is 2.18. The monoisotopic (exact) mass is 406 g/mol. The number of hydrogen-bond donors (Lipinski definition) is 0. The summed E-state index contributed by atoms with van der Waals surface area (Å²) in [5, 5.41) is 1.10. The third kappa shape index (κ3) is 15.4. The van der Waals surface area contributed by atoms with Crippen molar-refractivity contribution >= 4 is 21.9 Å². The van der Waals surface area contributed by atoms with Crippen LogP contribution in [0.2, 0.25) is 0 Å². The predicted molar refractivity (Wildman–Crippen MR) is 106 cm³/mol. The summed E-state index contributed by atoms with van der Waals surface area (Å²) >= 11 is 3.45. The van der Waals surface area contributed by atoms with Gasteiger partial charge in [-0.15, -0.1) is 0 Å². The van der Waals surface area contributed by atoms with Gasteiger partial charge in [-0.1, -0.05) is 87.6 Å². The van der Waals surface area contributed by atoms with E-state index in [1.807, 2.05) is 6.92 Å². The molecule has 0 aromatic heterocycles. The Morgan fingerprint density at radius 3 is 1.92 bits per heavy atom. The van der Waals surface area contributed by atoms with E-state index in [1.54, 1.807) is 0 Å². The zero-order valence-corrected chi connectivity index (χ0v) is 17.6. The summed E-state index contributed by atoms with van der Waals surface area (Å²) in [5.41, 5.74) is 0. The van der Waals surface area contributed by atoms with Crippen LogP contribution in [0.15, 0.2) is 0 Å². The van der Waals surface area contributed by atoms with Gasteiger partial charge in [-0.3, -0.25) is 0 Å². The maximum absolute atomic E-state index is 12.0. The molecular weight excluding hydrogens is 368 g/mol. The Balaban J connectivity index is 3.52. The molecule has 4 heteroatoms. The molecule has 0 heterocycles. The first-order valence-electron chi connectivity index (χ1n) is 10.1. The number of carbonyl (C=O) groups excluding carboxylic acids is 1. The van der Waals surface area contributed by atoms with Crippen molar-refractivity contribution in [1.82, 2.24) is 0 Å². The Hall–Kier alpha value is -0.0900. The molecule has 0 aromatic rings. The van der Waals surface area contributed by atoms with Crippen LogP contribution in [0.3, 0.4) is 0 Å². The normalized spacial score (nSPS) is 12.3. The molecule has 0 aromatic carbocycles. The first-order valence-corrected chi connectivity index (χ1v) is 11.2. The highest BCUT2D eigenvalue weighted by Crippen LogP contribution is 2.09. The summed E-state index contributed by atoms with van der Waals surface area (Å²) in [7, 11) is 0. The molecule has 1 unspecified atom stereocenters. The molecule has 0 rings (SSSR count). The zero-order chi connectivity index (χ0) is 17.9. The van der Waals surface area contributed by atoms with Crippen molar-refractivity contribution in [3.05, 3.63) is 0 Å². The Kier molecular flexibility index (Phi) is 19.2. The Labute approximate surface area is 158 Å². The standard InChI is InChI=1S/C20H39BrO3/c1-3-5-6-7-11-14-17-23-19(4-2)20(22)24-18-15-12-9-8-10-13-16-21/h19H,3-18H2,1-2H3. The maximum Gasteiger partial charge on any atom is 0.335 e. The van der Waals surface area contributed by atoms with E-state index in [2.05, 4.69) is 22.9 Å². The van der Waals surface area contributed by atoms with Gasteiger partial charge < -0.3 is 9.47 Å². The van der Waals surface area contributed by atoms with Gasteiger partial charge in [0.15, 0.2) is 6.10 Å². The number of carbonyl (C=O) groups is 1. The maximum atomic E-state index is 12.0. The zero-order valence-electron chi connectivity index (χ0n) is 16.0. The summed E-state index contributed by atoms with van der Waals surface area (Å²) < 4.78 is 11.1. The molecule has 0 saturated carbocycles. The van der Waals surface area contributed by atoms with E-state index >= 15 is 0 Å². The molecule has 0 aliphatic carbocycles. The summed E-state index contributed by atoms with van der Waals surface area (Å²) in [5.74, 6) is -0.178. The fourth-order valence-electron chi connectivity index (χ4n) is 2.63. The van der Waals surface area contributed by atoms with Gasteiger partial charge in [0.05, 0.1) is 6.61 Å². The van der Waals surface area contributed by atoms with E-state index < -0.39 is 0 Å². The summed E-state index contributed by atoms with van der Waals surface area (Å²) in [4.78, 5) is 12.0. The van der Waals surface area contributed by atoms with Crippen LogP contribution in [0.1, 0.15) is 97.3 Å². The molecule has 144 valence electrons. The van der Waals surface area contributed by atoms with E-state index in [1.165, 1.54) is 57.8 Å². The van der Waals surface area contributed by atoms with E-state index in [-0.39, 0.29) is 12.1 Å². The van der Waals surface area contributed by atoms with Crippen molar-refractivity contribution in [3.8, 4) is 0 Å². The molecule has 1 atom stereocenters. The minimum Gasteiger partial charge on any atom is -0.464 e. The molecule has 0 radical (unpaired) electrons. The minimum atomic E-state index is -0.375. The van der Waals surface area contributed by atoms with Crippen molar-refractivity contribution in [2.75, 3.05) is 18.5 Å². The molecule has 0 bridgehead atoms.